The molecule has 1 aromatic carbocycles. The quantitative estimate of drug-likeness (QED) is 0.887. The molecular formula is C16H16BrNO3. The maximum absolute atomic E-state index is 11.2. The molecule has 4 rings (SSSR count). The molecule has 0 unspecified atom stereocenters. The second kappa shape index (κ2) is 4.85. The number of furan rings is 1. The van der Waals surface area contributed by atoms with Crippen molar-refractivity contribution in [3.8, 4) is 0 Å². The Labute approximate surface area is 130 Å². The van der Waals surface area contributed by atoms with Crippen LogP contribution < -0.4 is 5.32 Å². The zero-order chi connectivity index (χ0) is 14.6. The highest BCUT2D eigenvalue weighted by Crippen LogP contribution is 2.55. The number of halogens is 1. The molecule has 1 aromatic heterocycles. The van der Waals surface area contributed by atoms with Gasteiger partial charge in [-0.3, -0.25) is 4.79 Å². The number of nitrogens with one attached hydrogen (secondary N) is 1. The molecule has 4 nitrogen and oxygen atoms in total. The lowest BCUT2D eigenvalue weighted by molar-refractivity contribution is -0.142. The molecule has 5 heteroatoms. The van der Waals surface area contributed by atoms with Crippen molar-refractivity contribution in [2.24, 2.45) is 17.8 Å². The average molecular weight is 350 g/mol. The third-order valence-corrected chi connectivity index (χ3v) is 5.31. The Hall–Kier alpha value is -1.33. The minimum absolute atomic E-state index is 0.154. The van der Waals surface area contributed by atoms with Crippen LogP contribution in [0.15, 0.2) is 33.2 Å². The molecule has 110 valence electrons. The minimum atomic E-state index is -0.639. The molecule has 0 saturated heterocycles. The summed E-state index contributed by atoms with van der Waals surface area (Å²) in [5.41, 5.74) is 0.883. The van der Waals surface area contributed by atoms with Gasteiger partial charge in [0.1, 0.15) is 11.3 Å². The number of carbonyl (C=O) groups is 1. The Kier molecular flexibility index (Phi) is 3.08. The van der Waals surface area contributed by atoms with E-state index in [9.17, 15) is 9.90 Å². The molecule has 0 amide bonds. The monoisotopic (exact) mass is 349 g/mol. The van der Waals surface area contributed by atoms with Gasteiger partial charge in [-0.1, -0.05) is 15.9 Å². The minimum Gasteiger partial charge on any atom is -0.481 e. The van der Waals surface area contributed by atoms with Crippen molar-refractivity contribution in [2.75, 3.05) is 0 Å². The summed E-state index contributed by atoms with van der Waals surface area (Å²) in [6.45, 7) is 0.659. The van der Waals surface area contributed by atoms with Crippen LogP contribution in [0.5, 0.6) is 0 Å². The topological polar surface area (TPSA) is 62.5 Å². The van der Waals surface area contributed by atoms with Crippen LogP contribution in [0.4, 0.5) is 0 Å². The van der Waals surface area contributed by atoms with E-state index in [0.29, 0.717) is 24.4 Å². The summed E-state index contributed by atoms with van der Waals surface area (Å²) < 4.78 is 6.84. The van der Waals surface area contributed by atoms with Gasteiger partial charge in [-0.15, -0.1) is 0 Å². The van der Waals surface area contributed by atoms with Crippen molar-refractivity contribution in [1.29, 1.82) is 0 Å². The zero-order valence-corrected chi connectivity index (χ0v) is 13.0. The molecule has 1 heterocycles. The Balaban J connectivity index is 1.43. The largest absolute Gasteiger partial charge is 0.481 e. The van der Waals surface area contributed by atoms with Gasteiger partial charge in [-0.05, 0) is 48.9 Å². The van der Waals surface area contributed by atoms with Crippen LogP contribution >= 0.6 is 15.9 Å². The summed E-state index contributed by atoms with van der Waals surface area (Å²) >= 11 is 3.46. The number of aliphatic carboxylic acids is 1. The molecule has 2 N–H and O–H groups in total. The number of carboxylic acids is 1. The van der Waals surface area contributed by atoms with E-state index in [1.54, 1.807) is 0 Å². The van der Waals surface area contributed by atoms with Crippen molar-refractivity contribution in [1.82, 2.24) is 5.32 Å². The highest BCUT2D eigenvalue weighted by atomic mass is 79.9. The second-order valence-electron chi connectivity index (χ2n) is 6.13. The molecule has 2 fully saturated rings. The SMILES string of the molecule is O=C(O)[C@@H]1C[C@H](NCc2cc3cc(Br)ccc3o2)[C@H]2C[C@H]21. The highest BCUT2D eigenvalue weighted by Gasteiger charge is 2.56. The Morgan fingerprint density at radius 1 is 1.33 bits per heavy atom. The first-order chi connectivity index (χ1) is 10.1. The molecule has 0 aliphatic heterocycles. The maximum atomic E-state index is 11.2. The van der Waals surface area contributed by atoms with Crippen LogP contribution in [-0.2, 0) is 11.3 Å². The van der Waals surface area contributed by atoms with Crippen LogP contribution in [-0.4, -0.2) is 17.1 Å². The summed E-state index contributed by atoms with van der Waals surface area (Å²) in [6, 6.07) is 8.31. The number of benzene rings is 1. The van der Waals surface area contributed by atoms with E-state index in [4.69, 9.17) is 4.42 Å². The Bertz CT molecular complexity index is 711. The van der Waals surface area contributed by atoms with E-state index in [1.807, 2.05) is 24.3 Å². The van der Waals surface area contributed by atoms with Gasteiger partial charge in [-0.25, -0.2) is 0 Å². The lowest BCUT2D eigenvalue weighted by Gasteiger charge is -2.14. The number of hydrogen-bond donors (Lipinski definition) is 2. The lowest BCUT2D eigenvalue weighted by atomic mass is 10.0. The predicted octanol–water partition coefficient (Wildman–Crippen LogP) is 3.39. The van der Waals surface area contributed by atoms with Crippen molar-refractivity contribution in [2.45, 2.75) is 25.4 Å². The summed E-state index contributed by atoms with van der Waals surface area (Å²) in [5.74, 6) is 1.05. The van der Waals surface area contributed by atoms with Gasteiger partial charge < -0.3 is 14.8 Å². The molecule has 2 aromatic rings. The third-order valence-electron chi connectivity index (χ3n) is 4.82. The van der Waals surface area contributed by atoms with Crippen LogP contribution in [0.3, 0.4) is 0 Å². The molecule has 2 aliphatic carbocycles. The highest BCUT2D eigenvalue weighted by molar-refractivity contribution is 9.10. The van der Waals surface area contributed by atoms with Gasteiger partial charge >= 0.3 is 5.97 Å². The summed E-state index contributed by atoms with van der Waals surface area (Å²) in [6.07, 6.45) is 1.80. The number of hydrogen-bond acceptors (Lipinski definition) is 3. The van der Waals surface area contributed by atoms with Crippen LogP contribution in [0, 0.1) is 17.8 Å². The van der Waals surface area contributed by atoms with Crippen molar-refractivity contribution >= 4 is 32.9 Å². The normalized spacial score (nSPS) is 30.5. The number of fused-ring (bicyclic) bond motifs is 2. The third kappa shape index (κ3) is 2.38. The summed E-state index contributed by atoms with van der Waals surface area (Å²) in [7, 11) is 0. The van der Waals surface area contributed by atoms with E-state index >= 15 is 0 Å². The predicted molar refractivity (Wildman–Crippen MR) is 81.9 cm³/mol. The fourth-order valence-corrected chi connectivity index (χ4v) is 4.07. The van der Waals surface area contributed by atoms with Crippen LogP contribution in [0.2, 0.25) is 0 Å². The van der Waals surface area contributed by atoms with Crippen molar-refractivity contribution in [3.05, 3.63) is 34.5 Å². The molecular weight excluding hydrogens is 334 g/mol. The molecule has 0 radical (unpaired) electrons. The zero-order valence-electron chi connectivity index (χ0n) is 11.4. The maximum Gasteiger partial charge on any atom is 0.306 e. The average Bonchev–Trinajstić information content (AvgIpc) is 2.98. The number of rotatable bonds is 4. The Morgan fingerprint density at radius 3 is 2.95 bits per heavy atom. The van der Waals surface area contributed by atoms with E-state index in [1.165, 1.54) is 0 Å². The molecule has 0 bridgehead atoms. The van der Waals surface area contributed by atoms with Gasteiger partial charge in [0, 0.05) is 15.9 Å². The second-order valence-corrected chi connectivity index (χ2v) is 7.04. The fourth-order valence-electron chi connectivity index (χ4n) is 3.69. The first kappa shape index (κ1) is 13.3. The van der Waals surface area contributed by atoms with Crippen molar-refractivity contribution in [3.63, 3.8) is 0 Å². The van der Waals surface area contributed by atoms with E-state index in [0.717, 1.165) is 34.0 Å². The first-order valence-electron chi connectivity index (χ1n) is 7.26. The molecule has 2 saturated carbocycles. The van der Waals surface area contributed by atoms with Gasteiger partial charge in [0.05, 0.1) is 12.5 Å². The molecule has 2 aliphatic rings. The van der Waals surface area contributed by atoms with Gasteiger partial charge in [0.25, 0.3) is 0 Å². The van der Waals surface area contributed by atoms with E-state index < -0.39 is 5.97 Å². The first-order valence-corrected chi connectivity index (χ1v) is 8.05. The van der Waals surface area contributed by atoms with Crippen LogP contribution in [0.25, 0.3) is 11.0 Å². The van der Waals surface area contributed by atoms with Crippen molar-refractivity contribution < 1.29 is 14.3 Å². The van der Waals surface area contributed by atoms with Gasteiger partial charge in [0.2, 0.25) is 0 Å². The van der Waals surface area contributed by atoms with Crippen LogP contribution in [0.1, 0.15) is 18.6 Å². The Morgan fingerprint density at radius 2 is 2.19 bits per heavy atom. The molecule has 0 spiro atoms. The summed E-state index contributed by atoms with van der Waals surface area (Å²) in [4.78, 5) is 11.2. The summed E-state index contributed by atoms with van der Waals surface area (Å²) in [5, 5.41) is 13.7. The molecule has 4 atom stereocenters. The molecule has 21 heavy (non-hydrogen) atoms. The van der Waals surface area contributed by atoms with Gasteiger partial charge in [-0.2, -0.15) is 0 Å². The van der Waals surface area contributed by atoms with E-state index in [-0.39, 0.29) is 5.92 Å². The standard InChI is InChI=1S/C16H16BrNO3/c17-9-1-2-15-8(3-9)4-10(21-15)7-18-14-6-13(16(19)20)11-5-12(11)14/h1-4,11-14,18H,5-7H2,(H,19,20)/t11-,12+,13-,14+/m1/s1. The van der Waals surface area contributed by atoms with Gasteiger partial charge in [0.15, 0.2) is 0 Å². The smallest absolute Gasteiger partial charge is 0.306 e. The van der Waals surface area contributed by atoms with E-state index in [2.05, 4.69) is 21.2 Å². The lowest BCUT2D eigenvalue weighted by Crippen LogP contribution is -2.30. The number of carboxylic acid groups (broad SMARTS) is 1. The fraction of sp³-hybridized carbons (Fsp3) is 0.438.